The topological polar surface area (TPSA) is 32.3 Å². The predicted molar refractivity (Wildman–Crippen MR) is 86.1 cm³/mol. The van der Waals surface area contributed by atoms with Gasteiger partial charge in [-0.15, -0.1) is 0 Å². The standard InChI is InChI=1S/C16H23BrN2O/c1-12(11-19-9-4-3-5-10-19)18-16(20)14-7-6-8-15(17)13(14)2/h6-8,12H,3-5,9-11H2,1-2H3,(H,18,20). The van der Waals surface area contributed by atoms with Gasteiger partial charge in [-0.1, -0.05) is 28.4 Å². The zero-order chi connectivity index (χ0) is 14.5. The van der Waals surface area contributed by atoms with Crippen molar-refractivity contribution in [1.82, 2.24) is 10.2 Å². The number of hydrogen-bond acceptors (Lipinski definition) is 2. The molecule has 1 aliphatic rings. The van der Waals surface area contributed by atoms with Crippen LogP contribution < -0.4 is 5.32 Å². The predicted octanol–water partition coefficient (Wildman–Crippen LogP) is 3.36. The van der Waals surface area contributed by atoms with Crippen molar-refractivity contribution >= 4 is 21.8 Å². The Morgan fingerprint density at radius 1 is 1.35 bits per heavy atom. The summed E-state index contributed by atoms with van der Waals surface area (Å²) in [5.41, 5.74) is 1.75. The first-order valence-corrected chi connectivity index (χ1v) is 8.15. The Hall–Kier alpha value is -0.870. The molecule has 1 amide bonds. The Morgan fingerprint density at radius 2 is 2.05 bits per heavy atom. The van der Waals surface area contributed by atoms with E-state index in [1.54, 1.807) is 0 Å². The van der Waals surface area contributed by atoms with Crippen LogP contribution in [0, 0.1) is 6.92 Å². The monoisotopic (exact) mass is 338 g/mol. The Morgan fingerprint density at radius 3 is 2.75 bits per heavy atom. The molecule has 0 aliphatic carbocycles. The summed E-state index contributed by atoms with van der Waals surface area (Å²) in [7, 11) is 0. The van der Waals surface area contributed by atoms with Crippen molar-refractivity contribution in [1.29, 1.82) is 0 Å². The fourth-order valence-corrected chi connectivity index (χ4v) is 3.10. The lowest BCUT2D eigenvalue weighted by Gasteiger charge is -2.29. The molecule has 3 nitrogen and oxygen atoms in total. The van der Waals surface area contributed by atoms with Gasteiger partial charge in [0.2, 0.25) is 0 Å². The van der Waals surface area contributed by atoms with E-state index < -0.39 is 0 Å². The van der Waals surface area contributed by atoms with E-state index in [0.717, 1.165) is 35.2 Å². The van der Waals surface area contributed by atoms with Gasteiger partial charge in [-0.3, -0.25) is 4.79 Å². The lowest BCUT2D eigenvalue weighted by Crippen LogP contribution is -2.43. The van der Waals surface area contributed by atoms with Crippen molar-refractivity contribution in [2.45, 2.75) is 39.2 Å². The van der Waals surface area contributed by atoms with Crippen LogP contribution in [0.4, 0.5) is 0 Å². The Bertz CT molecular complexity index is 470. The molecular weight excluding hydrogens is 316 g/mol. The van der Waals surface area contributed by atoms with Crippen LogP contribution >= 0.6 is 15.9 Å². The van der Waals surface area contributed by atoms with Crippen molar-refractivity contribution in [3.8, 4) is 0 Å². The zero-order valence-electron chi connectivity index (χ0n) is 12.3. The average molecular weight is 339 g/mol. The van der Waals surface area contributed by atoms with E-state index in [1.165, 1.54) is 19.3 Å². The van der Waals surface area contributed by atoms with Crippen LogP contribution in [-0.4, -0.2) is 36.5 Å². The average Bonchev–Trinajstić information content (AvgIpc) is 2.42. The largest absolute Gasteiger partial charge is 0.348 e. The third-order valence-corrected chi connectivity index (χ3v) is 4.73. The molecule has 0 aromatic heterocycles. The molecule has 1 heterocycles. The van der Waals surface area contributed by atoms with Crippen molar-refractivity contribution in [2.24, 2.45) is 0 Å². The Labute approximate surface area is 129 Å². The molecule has 0 radical (unpaired) electrons. The summed E-state index contributed by atoms with van der Waals surface area (Å²) in [5, 5.41) is 3.11. The summed E-state index contributed by atoms with van der Waals surface area (Å²) in [4.78, 5) is 14.8. The lowest BCUT2D eigenvalue weighted by atomic mass is 10.1. The van der Waals surface area contributed by atoms with Gasteiger partial charge < -0.3 is 10.2 Å². The molecule has 1 aliphatic heterocycles. The van der Waals surface area contributed by atoms with Crippen LogP contribution in [0.3, 0.4) is 0 Å². The number of likely N-dealkylation sites (tertiary alicyclic amines) is 1. The first kappa shape index (κ1) is 15.5. The number of carbonyl (C=O) groups excluding carboxylic acids is 1. The van der Waals surface area contributed by atoms with Gasteiger partial charge in [-0.05, 0) is 57.5 Å². The number of hydrogen-bond donors (Lipinski definition) is 1. The molecule has 2 rings (SSSR count). The molecule has 1 unspecified atom stereocenters. The highest BCUT2D eigenvalue weighted by atomic mass is 79.9. The second-order valence-electron chi connectivity index (χ2n) is 5.65. The second kappa shape index (κ2) is 7.23. The fourth-order valence-electron chi connectivity index (χ4n) is 2.73. The maximum absolute atomic E-state index is 12.3. The van der Waals surface area contributed by atoms with Gasteiger partial charge in [0.05, 0.1) is 0 Å². The fraction of sp³-hybridized carbons (Fsp3) is 0.562. The second-order valence-corrected chi connectivity index (χ2v) is 6.50. The number of amides is 1. The normalized spacial score (nSPS) is 17.8. The third kappa shape index (κ3) is 4.06. The SMILES string of the molecule is Cc1c(Br)cccc1C(=O)NC(C)CN1CCCCC1. The summed E-state index contributed by atoms with van der Waals surface area (Å²) >= 11 is 3.47. The molecule has 1 aromatic carbocycles. The van der Waals surface area contributed by atoms with Gasteiger partial charge in [-0.2, -0.15) is 0 Å². The van der Waals surface area contributed by atoms with Crippen molar-refractivity contribution < 1.29 is 4.79 Å². The zero-order valence-corrected chi connectivity index (χ0v) is 13.9. The van der Waals surface area contributed by atoms with Gasteiger partial charge >= 0.3 is 0 Å². The molecule has 1 aromatic rings. The van der Waals surface area contributed by atoms with E-state index in [4.69, 9.17) is 0 Å². The van der Waals surface area contributed by atoms with Crippen LogP contribution in [0.25, 0.3) is 0 Å². The van der Waals surface area contributed by atoms with Crippen molar-refractivity contribution in [2.75, 3.05) is 19.6 Å². The number of halogens is 1. The number of piperidine rings is 1. The Balaban J connectivity index is 1.91. The highest BCUT2D eigenvalue weighted by molar-refractivity contribution is 9.10. The van der Waals surface area contributed by atoms with Crippen LogP contribution in [0.15, 0.2) is 22.7 Å². The number of rotatable bonds is 4. The van der Waals surface area contributed by atoms with E-state index >= 15 is 0 Å². The van der Waals surface area contributed by atoms with Gasteiger partial charge in [0.25, 0.3) is 5.91 Å². The molecular formula is C16H23BrN2O. The van der Waals surface area contributed by atoms with Crippen LogP contribution in [-0.2, 0) is 0 Å². The minimum atomic E-state index is 0.0216. The molecule has 110 valence electrons. The molecule has 1 atom stereocenters. The van der Waals surface area contributed by atoms with Crippen LogP contribution in [0.1, 0.15) is 42.1 Å². The third-order valence-electron chi connectivity index (χ3n) is 3.87. The number of nitrogens with zero attached hydrogens (tertiary/aromatic N) is 1. The molecule has 1 N–H and O–H groups in total. The molecule has 0 saturated carbocycles. The highest BCUT2D eigenvalue weighted by Gasteiger charge is 2.17. The van der Waals surface area contributed by atoms with E-state index in [0.29, 0.717) is 0 Å². The smallest absolute Gasteiger partial charge is 0.251 e. The van der Waals surface area contributed by atoms with Crippen LogP contribution in [0.2, 0.25) is 0 Å². The number of benzene rings is 1. The van der Waals surface area contributed by atoms with E-state index in [1.807, 2.05) is 25.1 Å². The molecule has 0 bridgehead atoms. The molecule has 0 spiro atoms. The summed E-state index contributed by atoms with van der Waals surface area (Å²) in [6, 6.07) is 5.92. The summed E-state index contributed by atoms with van der Waals surface area (Å²) in [5.74, 6) is 0.0216. The van der Waals surface area contributed by atoms with E-state index in [-0.39, 0.29) is 11.9 Å². The highest BCUT2D eigenvalue weighted by Crippen LogP contribution is 2.19. The maximum Gasteiger partial charge on any atom is 0.251 e. The molecule has 20 heavy (non-hydrogen) atoms. The summed E-state index contributed by atoms with van der Waals surface area (Å²) in [6.07, 6.45) is 3.91. The minimum absolute atomic E-state index is 0.0216. The summed E-state index contributed by atoms with van der Waals surface area (Å²) in [6.45, 7) is 7.32. The van der Waals surface area contributed by atoms with Crippen LogP contribution in [0.5, 0.6) is 0 Å². The van der Waals surface area contributed by atoms with Crippen molar-refractivity contribution in [3.63, 3.8) is 0 Å². The number of nitrogens with one attached hydrogen (secondary N) is 1. The van der Waals surface area contributed by atoms with Gasteiger partial charge in [-0.25, -0.2) is 0 Å². The lowest BCUT2D eigenvalue weighted by molar-refractivity contribution is 0.0925. The molecule has 1 fully saturated rings. The van der Waals surface area contributed by atoms with Gasteiger partial charge in [0.1, 0.15) is 0 Å². The Kier molecular flexibility index (Phi) is 5.61. The first-order chi connectivity index (χ1) is 9.58. The van der Waals surface area contributed by atoms with E-state index in [9.17, 15) is 4.79 Å². The minimum Gasteiger partial charge on any atom is -0.348 e. The van der Waals surface area contributed by atoms with E-state index in [2.05, 4.69) is 33.1 Å². The van der Waals surface area contributed by atoms with Crippen molar-refractivity contribution in [3.05, 3.63) is 33.8 Å². The first-order valence-electron chi connectivity index (χ1n) is 7.36. The van der Waals surface area contributed by atoms with Gasteiger partial charge in [0, 0.05) is 22.6 Å². The number of carbonyl (C=O) groups is 1. The van der Waals surface area contributed by atoms with Gasteiger partial charge in [0.15, 0.2) is 0 Å². The quantitative estimate of drug-likeness (QED) is 0.912. The summed E-state index contributed by atoms with van der Waals surface area (Å²) < 4.78 is 0.980. The maximum atomic E-state index is 12.3. The molecule has 1 saturated heterocycles. The molecule has 4 heteroatoms.